The maximum atomic E-state index is 12.1. The summed E-state index contributed by atoms with van der Waals surface area (Å²) in [4.78, 5) is 16.2. The first-order valence-electron chi connectivity index (χ1n) is 5.96. The van der Waals surface area contributed by atoms with Crippen molar-refractivity contribution >= 4 is 17.3 Å². The average molecular weight is 289 g/mol. The highest BCUT2D eigenvalue weighted by Gasteiger charge is 2.09. The van der Waals surface area contributed by atoms with E-state index in [9.17, 15) is 4.79 Å². The molecule has 0 radical (unpaired) electrons. The van der Waals surface area contributed by atoms with Crippen molar-refractivity contribution in [1.82, 2.24) is 14.8 Å². The molecule has 6 heteroatoms. The Hall–Kier alpha value is -2.32. The zero-order valence-electron chi connectivity index (χ0n) is 10.9. The van der Waals surface area contributed by atoms with Crippen molar-refractivity contribution in [1.29, 1.82) is 0 Å². The molecular weight excluding hydrogens is 276 g/mol. The Bertz CT molecular complexity index is 718. The zero-order chi connectivity index (χ0) is 14.5. The lowest BCUT2D eigenvalue weighted by molar-refractivity contribution is 0.664. The van der Waals surface area contributed by atoms with E-state index in [0.29, 0.717) is 12.2 Å². The van der Waals surface area contributed by atoms with Gasteiger partial charge < -0.3 is 5.32 Å². The van der Waals surface area contributed by atoms with E-state index in [1.807, 2.05) is 13.0 Å². The van der Waals surface area contributed by atoms with Crippen LogP contribution in [0.1, 0.15) is 11.1 Å². The van der Waals surface area contributed by atoms with Gasteiger partial charge >= 0.3 is 0 Å². The van der Waals surface area contributed by atoms with Crippen LogP contribution in [0.4, 0.5) is 5.69 Å². The number of nitrogens with one attached hydrogen (secondary N) is 1. The lowest BCUT2D eigenvalue weighted by Gasteiger charge is -2.10. The van der Waals surface area contributed by atoms with E-state index in [1.165, 1.54) is 10.9 Å². The van der Waals surface area contributed by atoms with Gasteiger partial charge in [0.1, 0.15) is 12.2 Å². The Morgan fingerprint density at radius 3 is 3.00 bits per heavy atom. The van der Waals surface area contributed by atoms with E-state index in [4.69, 9.17) is 18.0 Å². The summed E-state index contributed by atoms with van der Waals surface area (Å²) < 4.78 is 1.19. The van der Waals surface area contributed by atoms with Gasteiger partial charge in [-0.2, -0.15) is 5.10 Å². The summed E-state index contributed by atoms with van der Waals surface area (Å²) in [7, 11) is 0. The van der Waals surface area contributed by atoms with Gasteiger partial charge in [0.05, 0.1) is 11.2 Å². The van der Waals surface area contributed by atoms with Crippen molar-refractivity contribution in [2.45, 2.75) is 20.0 Å². The van der Waals surface area contributed by atoms with Gasteiger partial charge in [0.2, 0.25) is 0 Å². The average Bonchev–Trinajstić information content (AvgIpc) is 2.44. The van der Waals surface area contributed by atoms with Crippen LogP contribution in [-0.4, -0.2) is 14.8 Å². The first kappa shape index (κ1) is 14.1. The largest absolute Gasteiger partial charge is 0.375 e. The van der Waals surface area contributed by atoms with Crippen LogP contribution in [-0.2, 0) is 13.1 Å². The van der Waals surface area contributed by atoms with Gasteiger partial charge in [0.25, 0.3) is 5.56 Å². The highest BCUT2D eigenvalue weighted by atomic mass is 35.5. The summed E-state index contributed by atoms with van der Waals surface area (Å²) in [5, 5.41) is 7.19. The number of halogens is 1. The van der Waals surface area contributed by atoms with Crippen LogP contribution in [0.3, 0.4) is 0 Å². The number of terminal acetylenes is 1. The molecule has 0 spiro atoms. The molecule has 0 saturated heterocycles. The van der Waals surface area contributed by atoms with Crippen molar-refractivity contribution in [3.05, 3.63) is 51.2 Å². The Balaban J connectivity index is 2.26. The number of rotatable bonds is 4. The molecule has 20 heavy (non-hydrogen) atoms. The zero-order valence-corrected chi connectivity index (χ0v) is 11.7. The van der Waals surface area contributed by atoms with Gasteiger partial charge in [0.15, 0.2) is 0 Å². The molecule has 0 aliphatic heterocycles. The Labute approximate surface area is 121 Å². The predicted molar refractivity (Wildman–Crippen MR) is 78.6 cm³/mol. The molecule has 2 rings (SSSR count). The molecule has 0 bridgehead atoms. The van der Waals surface area contributed by atoms with Gasteiger partial charge in [-0.1, -0.05) is 17.5 Å². The fraction of sp³-hybridized carbons (Fsp3) is 0.214. The first-order valence-corrected chi connectivity index (χ1v) is 6.33. The van der Waals surface area contributed by atoms with Crippen molar-refractivity contribution in [2.24, 2.45) is 0 Å². The normalized spacial score (nSPS) is 10.1. The van der Waals surface area contributed by atoms with Gasteiger partial charge in [-0.25, -0.2) is 4.68 Å². The van der Waals surface area contributed by atoms with Crippen molar-refractivity contribution < 1.29 is 0 Å². The predicted octanol–water partition coefficient (Wildman–Crippen LogP) is 1.85. The summed E-state index contributed by atoms with van der Waals surface area (Å²) in [5.74, 6) is 2.38. The molecule has 2 heterocycles. The highest BCUT2D eigenvalue weighted by molar-refractivity contribution is 6.32. The number of pyridine rings is 1. The number of hydrogen-bond acceptors (Lipinski definition) is 4. The maximum Gasteiger partial charge on any atom is 0.292 e. The smallest absolute Gasteiger partial charge is 0.292 e. The minimum atomic E-state index is -0.331. The maximum absolute atomic E-state index is 12.1. The fourth-order valence-corrected chi connectivity index (χ4v) is 1.90. The molecule has 2 aromatic heterocycles. The third-order valence-corrected chi connectivity index (χ3v) is 3.12. The van der Waals surface area contributed by atoms with Gasteiger partial charge in [-0.3, -0.25) is 9.78 Å². The van der Waals surface area contributed by atoms with E-state index in [2.05, 4.69) is 21.3 Å². The molecule has 2 aromatic rings. The van der Waals surface area contributed by atoms with Crippen LogP contribution in [0.2, 0.25) is 5.02 Å². The standard InChI is InChI=1S/C14H13ClN4O/c1-3-6-19-14(20)13(12(15)9-18-19)17-8-11-4-5-16-7-10(11)2/h1,4-5,7,9,17H,6,8H2,2H3. The number of aryl methyl sites for hydroxylation is 1. The summed E-state index contributed by atoms with van der Waals surface area (Å²) in [6, 6.07) is 1.89. The minimum Gasteiger partial charge on any atom is -0.375 e. The summed E-state index contributed by atoms with van der Waals surface area (Å²) in [6.45, 7) is 2.54. The second-order valence-corrected chi connectivity index (χ2v) is 4.60. The molecule has 0 saturated carbocycles. The van der Waals surface area contributed by atoms with Gasteiger partial charge in [0, 0.05) is 18.9 Å². The summed E-state index contributed by atoms with van der Waals surface area (Å²) >= 11 is 6.01. The van der Waals surface area contributed by atoms with E-state index < -0.39 is 0 Å². The number of hydrogen-bond donors (Lipinski definition) is 1. The van der Waals surface area contributed by atoms with Gasteiger partial charge in [-0.15, -0.1) is 6.42 Å². The van der Waals surface area contributed by atoms with Crippen molar-refractivity contribution in [3.8, 4) is 12.3 Å². The molecule has 0 aromatic carbocycles. The molecule has 0 aliphatic carbocycles. The molecule has 0 aliphatic rings. The number of aromatic nitrogens is 3. The molecule has 5 nitrogen and oxygen atoms in total. The molecule has 0 amide bonds. The Morgan fingerprint density at radius 2 is 2.30 bits per heavy atom. The van der Waals surface area contributed by atoms with E-state index >= 15 is 0 Å². The van der Waals surface area contributed by atoms with Crippen molar-refractivity contribution in [2.75, 3.05) is 5.32 Å². The SMILES string of the molecule is C#CCn1ncc(Cl)c(NCc2ccncc2C)c1=O. The minimum absolute atomic E-state index is 0.110. The van der Waals surface area contributed by atoms with E-state index in [1.54, 1.807) is 12.4 Å². The topological polar surface area (TPSA) is 59.8 Å². The van der Waals surface area contributed by atoms with Crippen LogP contribution < -0.4 is 10.9 Å². The lowest BCUT2D eigenvalue weighted by Crippen LogP contribution is -2.25. The second-order valence-electron chi connectivity index (χ2n) is 4.19. The summed E-state index contributed by atoms with van der Waals surface area (Å²) in [6.07, 6.45) is 10.1. The van der Waals surface area contributed by atoms with Crippen LogP contribution in [0, 0.1) is 19.3 Å². The Kier molecular flexibility index (Phi) is 4.38. The molecule has 0 fully saturated rings. The quantitative estimate of drug-likeness (QED) is 0.872. The first-order chi connectivity index (χ1) is 9.63. The third kappa shape index (κ3) is 2.98. The van der Waals surface area contributed by atoms with Crippen LogP contribution in [0.25, 0.3) is 0 Å². The molecule has 1 N–H and O–H groups in total. The third-order valence-electron chi connectivity index (χ3n) is 2.83. The number of anilines is 1. The summed E-state index contributed by atoms with van der Waals surface area (Å²) in [5.41, 5.74) is 2.04. The van der Waals surface area contributed by atoms with Gasteiger partial charge in [-0.05, 0) is 24.1 Å². The van der Waals surface area contributed by atoms with Crippen LogP contribution >= 0.6 is 11.6 Å². The number of nitrogens with zero attached hydrogens (tertiary/aromatic N) is 3. The molecule has 0 unspecified atom stereocenters. The van der Waals surface area contributed by atoms with Crippen LogP contribution in [0.15, 0.2) is 29.5 Å². The molecule has 102 valence electrons. The second kappa shape index (κ2) is 6.22. The molecule has 0 atom stereocenters. The Morgan fingerprint density at radius 1 is 1.50 bits per heavy atom. The monoisotopic (exact) mass is 288 g/mol. The highest BCUT2D eigenvalue weighted by Crippen LogP contribution is 2.16. The fourth-order valence-electron chi connectivity index (χ4n) is 1.71. The molecular formula is C14H13ClN4O. The van der Waals surface area contributed by atoms with Crippen LogP contribution in [0.5, 0.6) is 0 Å². The van der Waals surface area contributed by atoms with E-state index in [-0.39, 0.29) is 17.1 Å². The lowest BCUT2D eigenvalue weighted by atomic mass is 10.1. The van der Waals surface area contributed by atoms with Crippen molar-refractivity contribution in [3.63, 3.8) is 0 Å². The van der Waals surface area contributed by atoms with E-state index in [0.717, 1.165) is 11.1 Å².